The van der Waals surface area contributed by atoms with Crippen LogP contribution >= 0.6 is 15.2 Å². The Hall–Kier alpha value is -0.300. The van der Waals surface area contributed by atoms with Crippen molar-refractivity contribution in [2.45, 2.75) is 212 Å². The van der Waals surface area contributed by atoms with Gasteiger partial charge < -0.3 is 29.0 Å². The van der Waals surface area contributed by atoms with E-state index in [0.29, 0.717) is 13.2 Å². The molecule has 0 aliphatic rings. The van der Waals surface area contributed by atoms with E-state index in [9.17, 15) is 28.7 Å². The van der Waals surface area contributed by atoms with Gasteiger partial charge in [0.2, 0.25) is 0 Å². The molecule has 0 aromatic heterocycles. The molecule has 4 N–H and O–H groups in total. The van der Waals surface area contributed by atoms with Gasteiger partial charge in [-0.3, -0.25) is 9.13 Å². The highest BCUT2D eigenvalue weighted by Crippen LogP contribution is 2.61. The summed E-state index contributed by atoms with van der Waals surface area (Å²) in [6, 6.07) is 0. The van der Waals surface area contributed by atoms with Crippen molar-refractivity contribution in [3.8, 4) is 0 Å². The van der Waals surface area contributed by atoms with E-state index in [2.05, 4.69) is 38.2 Å². The van der Waals surface area contributed by atoms with E-state index >= 15 is 0 Å². The SMILES string of the molecule is CCCCCCCCC=CCCCCCCCCOCC(CC(P(=O)(O)O)P(=O)(O)O)OCCCCCCCCC=CCCCCCCCC. The lowest BCUT2D eigenvalue weighted by Gasteiger charge is -2.25. The normalized spacial score (nSPS) is 13.4. The van der Waals surface area contributed by atoms with Crippen LogP contribution in [0.1, 0.15) is 200 Å². The maximum atomic E-state index is 11.9. The summed E-state index contributed by atoms with van der Waals surface area (Å²) in [5.74, 6) is 0. The minimum atomic E-state index is -5.01. The predicted octanol–water partition coefficient (Wildman–Crippen LogP) is 12.5. The second-order valence-corrected chi connectivity index (χ2v) is 18.3. The van der Waals surface area contributed by atoms with Crippen LogP contribution in [0.15, 0.2) is 24.3 Å². The summed E-state index contributed by atoms with van der Waals surface area (Å²) < 4.78 is 35.4. The van der Waals surface area contributed by atoms with Crippen LogP contribution in [0.3, 0.4) is 0 Å². The van der Waals surface area contributed by atoms with Crippen LogP contribution in [0.2, 0.25) is 0 Å². The Labute approximate surface area is 308 Å². The Balaban J connectivity index is 4.12. The third-order valence-electron chi connectivity index (χ3n) is 9.36. The molecule has 0 amide bonds. The van der Waals surface area contributed by atoms with E-state index < -0.39 is 33.1 Å². The van der Waals surface area contributed by atoms with Gasteiger partial charge in [0, 0.05) is 19.6 Å². The molecule has 0 bridgehead atoms. The third kappa shape index (κ3) is 34.8. The topological polar surface area (TPSA) is 134 Å². The Morgan fingerprint density at radius 2 is 0.780 bits per heavy atom. The molecule has 0 rings (SSSR count). The molecule has 0 aliphatic carbocycles. The zero-order chi connectivity index (χ0) is 37.0. The van der Waals surface area contributed by atoms with Crippen LogP contribution in [0.25, 0.3) is 0 Å². The minimum Gasteiger partial charge on any atom is -0.379 e. The van der Waals surface area contributed by atoms with E-state index in [1.807, 2.05) is 0 Å². The van der Waals surface area contributed by atoms with Crippen molar-refractivity contribution in [3.63, 3.8) is 0 Å². The van der Waals surface area contributed by atoms with Crippen molar-refractivity contribution in [3.05, 3.63) is 24.3 Å². The second kappa shape index (κ2) is 35.7. The number of rotatable bonds is 39. The van der Waals surface area contributed by atoms with Crippen molar-refractivity contribution in [1.82, 2.24) is 0 Å². The minimum absolute atomic E-state index is 0.0634. The molecule has 0 fully saturated rings. The van der Waals surface area contributed by atoms with Crippen molar-refractivity contribution in [2.24, 2.45) is 0 Å². The Morgan fingerprint density at radius 1 is 0.460 bits per heavy atom. The van der Waals surface area contributed by atoms with Gasteiger partial charge in [0.1, 0.15) is 0 Å². The van der Waals surface area contributed by atoms with Crippen molar-refractivity contribution < 1.29 is 38.2 Å². The lowest BCUT2D eigenvalue weighted by atomic mass is 10.1. The number of unbranched alkanes of at least 4 members (excludes halogenated alkanes) is 24. The first-order valence-electron chi connectivity index (χ1n) is 20.7. The largest absolute Gasteiger partial charge is 0.379 e. The summed E-state index contributed by atoms with van der Waals surface area (Å²) in [7, 11) is -10.0. The molecule has 0 aromatic rings. The van der Waals surface area contributed by atoms with Crippen molar-refractivity contribution in [1.29, 1.82) is 0 Å². The summed E-state index contributed by atoms with van der Waals surface area (Å²) in [6.07, 6.45) is 42.0. The van der Waals surface area contributed by atoms with Crippen LogP contribution in [-0.2, 0) is 18.6 Å². The molecule has 0 aromatic carbocycles. The highest BCUT2D eigenvalue weighted by molar-refractivity contribution is 7.70. The average Bonchev–Trinajstić information content (AvgIpc) is 3.06. The van der Waals surface area contributed by atoms with Crippen molar-refractivity contribution >= 4 is 15.2 Å². The van der Waals surface area contributed by atoms with Gasteiger partial charge in [0.15, 0.2) is 5.40 Å². The van der Waals surface area contributed by atoms with Crippen LogP contribution in [0.5, 0.6) is 0 Å². The maximum absolute atomic E-state index is 11.9. The standard InChI is InChI=1S/C40H80O8P2/c1-3-5-7-9-11-13-15-17-19-21-23-25-27-29-31-33-35-47-38-39(37-40(49(41,42)43)50(44,45)46)48-36-34-32-30-28-26-24-22-20-18-16-14-12-10-8-6-4-2/h17-20,39-40H,3-16,21-38H2,1-2H3,(H2,41,42,43)(H2,44,45,46). The lowest BCUT2D eigenvalue weighted by Crippen LogP contribution is -2.27. The van der Waals surface area contributed by atoms with Gasteiger partial charge in [-0.2, -0.15) is 0 Å². The molecule has 1 atom stereocenters. The summed E-state index contributed by atoms with van der Waals surface area (Å²) in [6.45, 7) is 5.43. The van der Waals surface area contributed by atoms with Crippen LogP contribution in [0.4, 0.5) is 0 Å². The van der Waals surface area contributed by atoms with Gasteiger partial charge in [0.05, 0.1) is 12.7 Å². The van der Waals surface area contributed by atoms with Gasteiger partial charge in [-0.05, 0) is 64.2 Å². The molecule has 0 spiro atoms. The fourth-order valence-corrected chi connectivity index (χ4v) is 8.74. The molecule has 1 unspecified atom stereocenters. The van der Waals surface area contributed by atoms with Crippen LogP contribution in [-0.4, -0.2) is 50.9 Å². The molecular formula is C40H80O8P2. The van der Waals surface area contributed by atoms with E-state index in [1.165, 1.54) is 122 Å². The fourth-order valence-electron chi connectivity index (χ4n) is 6.16. The summed E-state index contributed by atoms with van der Waals surface area (Å²) in [5.41, 5.74) is 0. The molecule has 0 saturated heterocycles. The van der Waals surface area contributed by atoms with E-state index in [4.69, 9.17) is 9.47 Å². The molecule has 0 radical (unpaired) electrons. The summed E-state index contributed by atoms with van der Waals surface area (Å²) in [5, 5.41) is -2.08. The number of ether oxygens (including phenoxy) is 2. The summed E-state index contributed by atoms with van der Waals surface area (Å²) in [4.78, 5) is 38.5. The molecule has 8 nitrogen and oxygen atoms in total. The first-order valence-corrected chi connectivity index (χ1v) is 24.1. The van der Waals surface area contributed by atoms with Crippen molar-refractivity contribution in [2.75, 3.05) is 19.8 Å². The average molecular weight is 751 g/mol. The zero-order valence-corrected chi connectivity index (χ0v) is 34.2. The molecular weight excluding hydrogens is 670 g/mol. The Kier molecular flexibility index (Phi) is 35.5. The van der Waals surface area contributed by atoms with E-state index in [1.54, 1.807) is 0 Å². The van der Waals surface area contributed by atoms with Crippen LogP contribution < -0.4 is 0 Å². The quantitative estimate of drug-likeness (QED) is 0.0277. The first-order chi connectivity index (χ1) is 24.1. The third-order valence-corrected chi connectivity index (χ3v) is 13.1. The van der Waals surface area contributed by atoms with Gasteiger partial charge in [-0.15, -0.1) is 0 Å². The van der Waals surface area contributed by atoms with Gasteiger partial charge >= 0.3 is 15.2 Å². The Morgan fingerprint density at radius 3 is 1.14 bits per heavy atom. The first kappa shape index (κ1) is 49.7. The Bertz CT molecular complexity index is 847. The predicted molar refractivity (Wildman–Crippen MR) is 212 cm³/mol. The lowest BCUT2D eigenvalue weighted by molar-refractivity contribution is -0.0218. The van der Waals surface area contributed by atoms with E-state index in [0.717, 1.165) is 57.8 Å². The molecule has 0 heterocycles. The number of hydrogen-bond acceptors (Lipinski definition) is 4. The highest BCUT2D eigenvalue weighted by Gasteiger charge is 2.44. The van der Waals surface area contributed by atoms with Gasteiger partial charge in [-0.1, -0.05) is 154 Å². The monoisotopic (exact) mass is 751 g/mol. The smallest absolute Gasteiger partial charge is 0.340 e. The molecule has 50 heavy (non-hydrogen) atoms. The molecule has 10 heteroatoms. The molecule has 0 aliphatic heterocycles. The van der Waals surface area contributed by atoms with Gasteiger partial charge in [0.25, 0.3) is 0 Å². The van der Waals surface area contributed by atoms with Crippen LogP contribution in [0, 0.1) is 0 Å². The highest BCUT2D eigenvalue weighted by atomic mass is 31.2. The van der Waals surface area contributed by atoms with Gasteiger partial charge in [-0.25, -0.2) is 0 Å². The number of hydrogen-bond donors (Lipinski definition) is 4. The second-order valence-electron chi connectivity index (χ2n) is 14.3. The number of allylic oxidation sites excluding steroid dienone is 4. The fraction of sp³-hybridized carbons (Fsp3) is 0.900. The zero-order valence-electron chi connectivity index (χ0n) is 32.4. The van der Waals surface area contributed by atoms with E-state index in [-0.39, 0.29) is 6.61 Å². The maximum Gasteiger partial charge on any atom is 0.340 e. The molecule has 0 saturated carbocycles. The summed E-state index contributed by atoms with van der Waals surface area (Å²) >= 11 is 0. The molecule has 298 valence electrons.